The molecule has 2 atom stereocenters. The number of halogens is 1. The Balaban J connectivity index is 0.00000361. The first-order valence-corrected chi connectivity index (χ1v) is 7.14. The number of carbonyl (C=O) groups excluding carboxylic acids is 2. The molecule has 0 radical (unpaired) electrons. The van der Waals surface area contributed by atoms with E-state index < -0.39 is 0 Å². The van der Waals surface area contributed by atoms with Crippen LogP contribution in [0.2, 0.25) is 0 Å². The maximum absolute atomic E-state index is 12.4. The summed E-state index contributed by atoms with van der Waals surface area (Å²) in [6.07, 6.45) is 2.46. The lowest BCUT2D eigenvalue weighted by molar-refractivity contribution is -0.150. The van der Waals surface area contributed by atoms with Crippen LogP contribution in [0.5, 0.6) is 0 Å². The van der Waals surface area contributed by atoms with E-state index in [1.54, 1.807) is 11.8 Å². The van der Waals surface area contributed by atoms with Crippen molar-refractivity contribution in [3.05, 3.63) is 0 Å². The first kappa shape index (κ1) is 19.2. The Labute approximate surface area is 127 Å². The topological polar surface area (TPSA) is 72.6 Å². The summed E-state index contributed by atoms with van der Waals surface area (Å²) in [6, 6.07) is 0.123. The average Bonchev–Trinajstić information content (AvgIpc) is 2.73. The van der Waals surface area contributed by atoms with Crippen LogP contribution in [0.1, 0.15) is 40.0 Å². The molecule has 118 valence electrons. The Kier molecular flexibility index (Phi) is 8.81. The van der Waals surface area contributed by atoms with Crippen LogP contribution >= 0.6 is 12.4 Å². The van der Waals surface area contributed by atoms with Crippen LogP contribution in [0.25, 0.3) is 0 Å². The number of carbonyl (C=O) groups is 2. The third kappa shape index (κ3) is 6.09. The predicted octanol–water partition coefficient (Wildman–Crippen LogP) is 1.58. The van der Waals surface area contributed by atoms with E-state index in [0.29, 0.717) is 19.1 Å². The normalized spacial score (nSPS) is 21.4. The van der Waals surface area contributed by atoms with Crippen molar-refractivity contribution in [2.45, 2.75) is 46.1 Å². The zero-order valence-electron chi connectivity index (χ0n) is 12.6. The monoisotopic (exact) mass is 306 g/mol. The largest absolute Gasteiger partial charge is 0.465 e. The van der Waals surface area contributed by atoms with E-state index in [4.69, 9.17) is 10.5 Å². The van der Waals surface area contributed by atoms with Crippen molar-refractivity contribution in [3.8, 4) is 0 Å². The first-order valence-electron chi connectivity index (χ1n) is 7.14. The van der Waals surface area contributed by atoms with Gasteiger partial charge >= 0.3 is 5.97 Å². The predicted molar refractivity (Wildman–Crippen MR) is 80.6 cm³/mol. The smallest absolute Gasteiger partial charge is 0.325 e. The van der Waals surface area contributed by atoms with Crippen LogP contribution in [0.15, 0.2) is 0 Å². The molecule has 20 heavy (non-hydrogen) atoms. The van der Waals surface area contributed by atoms with Gasteiger partial charge < -0.3 is 15.4 Å². The van der Waals surface area contributed by atoms with Crippen molar-refractivity contribution in [2.75, 3.05) is 19.7 Å². The molecule has 0 bridgehead atoms. The highest BCUT2D eigenvalue weighted by Gasteiger charge is 2.32. The molecule has 0 aromatic carbocycles. The lowest BCUT2D eigenvalue weighted by atomic mass is 10.1. The SMILES string of the molecule is CCOC(=O)CN(CC(C)C)C(=O)C1CCC(N)C1.Cl. The summed E-state index contributed by atoms with van der Waals surface area (Å²) in [7, 11) is 0. The summed E-state index contributed by atoms with van der Waals surface area (Å²) in [5.74, 6) is 0.0186. The van der Waals surface area contributed by atoms with Crippen molar-refractivity contribution in [3.63, 3.8) is 0 Å². The van der Waals surface area contributed by atoms with Gasteiger partial charge in [0.25, 0.3) is 0 Å². The van der Waals surface area contributed by atoms with E-state index in [1.165, 1.54) is 0 Å². The lowest BCUT2D eigenvalue weighted by Crippen LogP contribution is -2.42. The Hall–Kier alpha value is -0.810. The van der Waals surface area contributed by atoms with Gasteiger partial charge in [-0.15, -0.1) is 12.4 Å². The summed E-state index contributed by atoms with van der Waals surface area (Å²) in [4.78, 5) is 25.6. The van der Waals surface area contributed by atoms with Crippen molar-refractivity contribution in [2.24, 2.45) is 17.6 Å². The van der Waals surface area contributed by atoms with Gasteiger partial charge in [-0.3, -0.25) is 9.59 Å². The highest BCUT2D eigenvalue weighted by atomic mass is 35.5. The molecule has 5 nitrogen and oxygen atoms in total. The molecule has 0 spiro atoms. The van der Waals surface area contributed by atoms with Gasteiger partial charge in [-0.25, -0.2) is 0 Å². The molecule has 1 rings (SSSR count). The second-order valence-electron chi connectivity index (χ2n) is 5.69. The van der Waals surface area contributed by atoms with Gasteiger partial charge in [0.05, 0.1) is 6.61 Å². The number of hydrogen-bond donors (Lipinski definition) is 1. The fraction of sp³-hybridized carbons (Fsp3) is 0.857. The fourth-order valence-corrected chi connectivity index (χ4v) is 2.53. The molecule has 0 aromatic rings. The third-order valence-corrected chi connectivity index (χ3v) is 3.34. The van der Waals surface area contributed by atoms with Crippen molar-refractivity contribution in [1.29, 1.82) is 0 Å². The molecule has 1 amide bonds. The molecule has 0 saturated heterocycles. The molecule has 2 N–H and O–H groups in total. The van der Waals surface area contributed by atoms with Crippen LogP contribution < -0.4 is 5.73 Å². The van der Waals surface area contributed by atoms with Crippen LogP contribution in [0.4, 0.5) is 0 Å². The number of nitrogens with zero attached hydrogens (tertiary/aromatic N) is 1. The van der Waals surface area contributed by atoms with E-state index >= 15 is 0 Å². The highest BCUT2D eigenvalue weighted by Crippen LogP contribution is 2.26. The Morgan fingerprint density at radius 1 is 1.35 bits per heavy atom. The quantitative estimate of drug-likeness (QED) is 0.756. The first-order chi connectivity index (χ1) is 8.93. The van der Waals surface area contributed by atoms with E-state index in [2.05, 4.69) is 0 Å². The minimum atomic E-state index is -0.334. The molecule has 0 aliphatic heterocycles. The minimum absolute atomic E-state index is 0. The zero-order valence-corrected chi connectivity index (χ0v) is 13.4. The van der Waals surface area contributed by atoms with Gasteiger partial charge in [-0.1, -0.05) is 13.8 Å². The Morgan fingerprint density at radius 3 is 2.45 bits per heavy atom. The van der Waals surface area contributed by atoms with Crippen molar-refractivity contribution in [1.82, 2.24) is 4.90 Å². The molecular weight excluding hydrogens is 280 g/mol. The van der Waals surface area contributed by atoms with Crippen LogP contribution in [-0.4, -0.2) is 42.5 Å². The van der Waals surface area contributed by atoms with Crippen LogP contribution in [0.3, 0.4) is 0 Å². The summed E-state index contributed by atoms with van der Waals surface area (Å²) in [5.41, 5.74) is 5.85. The standard InChI is InChI=1S/C14H26N2O3.ClH/c1-4-19-13(17)9-16(8-10(2)3)14(18)11-5-6-12(15)7-11;/h10-12H,4-9,15H2,1-3H3;1H. The maximum Gasteiger partial charge on any atom is 0.325 e. The van der Waals surface area contributed by atoms with Gasteiger partial charge in [0.1, 0.15) is 6.54 Å². The van der Waals surface area contributed by atoms with Gasteiger partial charge in [0, 0.05) is 18.5 Å². The molecule has 0 aromatic heterocycles. The van der Waals surface area contributed by atoms with Crippen LogP contribution in [0, 0.1) is 11.8 Å². The van der Waals surface area contributed by atoms with Gasteiger partial charge in [-0.2, -0.15) is 0 Å². The van der Waals surface area contributed by atoms with E-state index in [0.717, 1.165) is 19.3 Å². The van der Waals surface area contributed by atoms with E-state index in [9.17, 15) is 9.59 Å². The van der Waals surface area contributed by atoms with E-state index in [1.807, 2.05) is 13.8 Å². The zero-order chi connectivity index (χ0) is 14.4. The molecule has 1 aliphatic carbocycles. The summed E-state index contributed by atoms with van der Waals surface area (Å²) in [6.45, 7) is 6.82. The number of ether oxygens (including phenoxy) is 1. The van der Waals surface area contributed by atoms with Crippen molar-refractivity contribution < 1.29 is 14.3 Å². The molecular formula is C14H27ClN2O3. The third-order valence-electron chi connectivity index (χ3n) is 3.34. The number of amides is 1. The summed E-state index contributed by atoms with van der Waals surface area (Å²) < 4.78 is 4.93. The minimum Gasteiger partial charge on any atom is -0.465 e. The molecule has 2 unspecified atom stereocenters. The van der Waals surface area contributed by atoms with E-state index in [-0.39, 0.29) is 42.8 Å². The Bertz CT molecular complexity index is 324. The number of hydrogen-bond acceptors (Lipinski definition) is 4. The Morgan fingerprint density at radius 2 is 2.00 bits per heavy atom. The number of esters is 1. The summed E-state index contributed by atoms with van der Waals surface area (Å²) >= 11 is 0. The van der Waals surface area contributed by atoms with Gasteiger partial charge in [0.2, 0.25) is 5.91 Å². The van der Waals surface area contributed by atoms with Crippen LogP contribution in [-0.2, 0) is 14.3 Å². The average molecular weight is 307 g/mol. The molecule has 1 aliphatic rings. The second-order valence-corrected chi connectivity index (χ2v) is 5.69. The molecule has 0 heterocycles. The summed E-state index contributed by atoms with van der Waals surface area (Å²) in [5, 5.41) is 0. The van der Waals surface area contributed by atoms with Gasteiger partial charge in [-0.05, 0) is 32.1 Å². The molecule has 6 heteroatoms. The maximum atomic E-state index is 12.4. The van der Waals surface area contributed by atoms with Gasteiger partial charge in [0.15, 0.2) is 0 Å². The molecule has 1 fully saturated rings. The highest BCUT2D eigenvalue weighted by molar-refractivity contribution is 5.85. The number of nitrogens with two attached hydrogens (primary N) is 1. The number of rotatable bonds is 6. The molecule has 1 saturated carbocycles. The lowest BCUT2D eigenvalue weighted by Gasteiger charge is -2.26. The van der Waals surface area contributed by atoms with Crippen molar-refractivity contribution >= 4 is 24.3 Å². The second kappa shape index (κ2) is 9.19. The fourth-order valence-electron chi connectivity index (χ4n) is 2.53.